The molecule has 1 aliphatic rings. The highest BCUT2D eigenvalue weighted by atomic mass is 19.1. The lowest BCUT2D eigenvalue weighted by molar-refractivity contribution is 0.381. The maximum absolute atomic E-state index is 13.7. The minimum atomic E-state index is -0.760. The number of halogens is 2. The number of hydrogen-bond acceptors (Lipinski definition) is 2. The van der Waals surface area contributed by atoms with Gasteiger partial charge in [0, 0.05) is 29.7 Å². The molecule has 0 aliphatic heterocycles. The van der Waals surface area contributed by atoms with Gasteiger partial charge in [-0.3, -0.25) is 0 Å². The van der Waals surface area contributed by atoms with Crippen LogP contribution >= 0.6 is 0 Å². The van der Waals surface area contributed by atoms with E-state index in [1.807, 2.05) is 0 Å². The quantitative estimate of drug-likeness (QED) is 0.815. The second kappa shape index (κ2) is 4.01. The second-order valence-electron chi connectivity index (χ2n) is 4.47. The maximum atomic E-state index is 13.7. The lowest BCUT2D eigenvalue weighted by Crippen LogP contribution is -2.33. The fraction of sp³-hybridized carbons (Fsp3) is 0.500. The van der Waals surface area contributed by atoms with Crippen molar-refractivity contribution in [3.8, 4) is 5.75 Å². The Hall–Kier alpha value is -1.16. The monoisotopic (exact) mass is 227 g/mol. The van der Waals surface area contributed by atoms with E-state index in [2.05, 4.69) is 0 Å². The van der Waals surface area contributed by atoms with Gasteiger partial charge < -0.3 is 10.8 Å². The number of hydrogen-bond donors (Lipinski definition) is 2. The normalized spacial score (nSPS) is 18.9. The largest absolute Gasteiger partial charge is 0.507 e. The average Bonchev–Trinajstić information content (AvgIpc) is 2.66. The van der Waals surface area contributed by atoms with Crippen LogP contribution in [0.2, 0.25) is 0 Å². The lowest BCUT2D eigenvalue weighted by Gasteiger charge is -2.28. The van der Waals surface area contributed by atoms with E-state index in [0.717, 1.165) is 37.8 Å². The van der Waals surface area contributed by atoms with Crippen LogP contribution in [-0.4, -0.2) is 11.7 Å². The molecule has 0 unspecified atom stereocenters. The lowest BCUT2D eigenvalue weighted by atomic mass is 9.78. The predicted octanol–water partition coefficient (Wildman–Crippen LogP) is 2.44. The van der Waals surface area contributed by atoms with Gasteiger partial charge in [-0.25, -0.2) is 8.78 Å². The summed E-state index contributed by atoms with van der Waals surface area (Å²) < 4.78 is 26.6. The Kier molecular flexibility index (Phi) is 2.84. The van der Waals surface area contributed by atoms with Crippen molar-refractivity contribution in [2.75, 3.05) is 6.54 Å². The zero-order valence-electron chi connectivity index (χ0n) is 8.97. The first-order valence-corrected chi connectivity index (χ1v) is 5.48. The van der Waals surface area contributed by atoms with E-state index >= 15 is 0 Å². The van der Waals surface area contributed by atoms with Gasteiger partial charge in [0.2, 0.25) is 0 Å². The molecule has 0 heterocycles. The summed E-state index contributed by atoms with van der Waals surface area (Å²) >= 11 is 0. The zero-order valence-corrected chi connectivity index (χ0v) is 8.97. The molecule has 0 spiro atoms. The number of phenolic OH excluding ortho intramolecular Hbond substituents is 1. The predicted molar refractivity (Wildman–Crippen MR) is 57.2 cm³/mol. The first-order valence-electron chi connectivity index (χ1n) is 5.48. The highest BCUT2D eigenvalue weighted by Crippen LogP contribution is 2.45. The summed E-state index contributed by atoms with van der Waals surface area (Å²) in [5, 5.41) is 9.69. The minimum absolute atomic E-state index is 0.189. The third-order valence-corrected chi connectivity index (χ3v) is 3.52. The fourth-order valence-electron chi connectivity index (χ4n) is 2.69. The number of nitrogens with two attached hydrogens (primary N) is 1. The molecule has 2 rings (SSSR count). The zero-order chi connectivity index (χ0) is 11.8. The van der Waals surface area contributed by atoms with Crippen LogP contribution in [0.3, 0.4) is 0 Å². The Bertz CT molecular complexity index is 377. The molecule has 0 amide bonds. The van der Waals surface area contributed by atoms with Crippen molar-refractivity contribution in [1.29, 1.82) is 0 Å². The highest BCUT2D eigenvalue weighted by Gasteiger charge is 2.38. The van der Waals surface area contributed by atoms with E-state index in [9.17, 15) is 13.9 Å². The van der Waals surface area contributed by atoms with E-state index in [-0.39, 0.29) is 17.9 Å². The molecule has 0 radical (unpaired) electrons. The summed E-state index contributed by atoms with van der Waals surface area (Å²) in [5.41, 5.74) is 5.38. The van der Waals surface area contributed by atoms with Crippen molar-refractivity contribution >= 4 is 0 Å². The smallest absolute Gasteiger partial charge is 0.133 e. The standard InChI is InChI=1S/C12H15F2NO/c13-8-5-9(14)11(10(16)6-8)12(7-15)3-1-2-4-12/h5-6,16H,1-4,7,15H2. The summed E-state index contributed by atoms with van der Waals surface area (Å²) in [6.07, 6.45) is 3.43. The summed E-state index contributed by atoms with van der Waals surface area (Å²) in [7, 11) is 0. The maximum Gasteiger partial charge on any atom is 0.133 e. The van der Waals surface area contributed by atoms with Crippen LogP contribution in [0.4, 0.5) is 8.78 Å². The first kappa shape index (κ1) is 11.3. The Morgan fingerprint density at radius 2 is 1.88 bits per heavy atom. The molecule has 3 N–H and O–H groups in total. The fourth-order valence-corrected chi connectivity index (χ4v) is 2.69. The van der Waals surface area contributed by atoms with Gasteiger partial charge in [-0.05, 0) is 12.8 Å². The molecule has 0 saturated heterocycles. The second-order valence-corrected chi connectivity index (χ2v) is 4.47. The summed E-state index contributed by atoms with van der Waals surface area (Å²) in [6, 6.07) is 1.76. The summed E-state index contributed by atoms with van der Waals surface area (Å²) in [4.78, 5) is 0. The molecule has 1 aliphatic carbocycles. The van der Waals surface area contributed by atoms with E-state index in [1.165, 1.54) is 0 Å². The molecule has 1 aromatic rings. The van der Waals surface area contributed by atoms with Crippen LogP contribution in [0.5, 0.6) is 5.75 Å². The van der Waals surface area contributed by atoms with Gasteiger partial charge >= 0.3 is 0 Å². The van der Waals surface area contributed by atoms with Gasteiger partial charge in [-0.1, -0.05) is 12.8 Å². The van der Waals surface area contributed by atoms with Crippen molar-refractivity contribution in [2.24, 2.45) is 5.73 Å². The Morgan fingerprint density at radius 3 is 2.38 bits per heavy atom. The molecule has 2 nitrogen and oxygen atoms in total. The molecular formula is C12H15F2NO. The molecule has 0 atom stereocenters. The summed E-state index contributed by atoms with van der Waals surface area (Å²) in [5.74, 6) is -1.77. The molecule has 0 aromatic heterocycles. The molecule has 16 heavy (non-hydrogen) atoms. The van der Waals surface area contributed by atoms with Gasteiger partial charge in [0.15, 0.2) is 0 Å². The van der Waals surface area contributed by atoms with Gasteiger partial charge in [-0.15, -0.1) is 0 Å². The molecule has 0 bridgehead atoms. The Labute approximate surface area is 93.1 Å². The van der Waals surface area contributed by atoms with E-state index in [1.54, 1.807) is 0 Å². The van der Waals surface area contributed by atoms with Gasteiger partial charge in [0.1, 0.15) is 17.4 Å². The highest BCUT2D eigenvalue weighted by molar-refractivity contribution is 5.41. The summed E-state index contributed by atoms with van der Waals surface area (Å²) in [6.45, 7) is 0.281. The van der Waals surface area contributed by atoms with Crippen molar-refractivity contribution in [1.82, 2.24) is 0 Å². The minimum Gasteiger partial charge on any atom is -0.507 e. The van der Waals surface area contributed by atoms with Crippen LogP contribution in [-0.2, 0) is 5.41 Å². The average molecular weight is 227 g/mol. The number of aromatic hydroxyl groups is 1. The van der Waals surface area contributed by atoms with Gasteiger partial charge in [0.05, 0.1) is 0 Å². The third kappa shape index (κ3) is 1.67. The van der Waals surface area contributed by atoms with Crippen molar-refractivity contribution in [3.05, 3.63) is 29.3 Å². The van der Waals surface area contributed by atoms with Crippen LogP contribution in [0.25, 0.3) is 0 Å². The van der Waals surface area contributed by atoms with Gasteiger partial charge in [0.25, 0.3) is 0 Å². The van der Waals surface area contributed by atoms with E-state index in [4.69, 9.17) is 5.73 Å². The Morgan fingerprint density at radius 1 is 1.25 bits per heavy atom. The molecule has 1 saturated carbocycles. The number of benzene rings is 1. The Balaban J connectivity index is 2.54. The van der Waals surface area contributed by atoms with Crippen LogP contribution in [0.15, 0.2) is 12.1 Å². The van der Waals surface area contributed by atoms with Crippen LogP contribution in [0.1, 0.15) is 31.2 Å². The van der Waals surface area contributed by atoms with Crippen molar-refractivity contribution in [3.63, 3.8) is 0 Å². The number of rotatable bonds is 2. The SMILES string of the molecule is NCC1(c2c(O)cc(F)cc2F)CCCC1. The molecule has 1 aromatic carbocycles. The van der Waals surface area contributed by atoms with Crippen LogP contribution < -0.4 is 5.73 Å². The van der Waals surface area contributed by atoms with Gasteiger partial charge in [-0.2, -0.15) is 0 Å². The number of phenols is 1. The van der Waals surface area contributed by atoms with E-state index < -0.39 is 17.0 Å². The third-order valence-electron chi connectivity index (χ3n) is 3.52. The van der Waals surface area contributed by atoms with Crippen molar-refractivity contribution < 1.29 is 13.9 Å². The molecule has 88 valence electrons. The van der Waals surface area contributed by atoms with E-state index in [0.29, 0.717) is 0 Å². The first-order chi connectivity index (χ1) is 7.59. The van der Waals surface area contributed by atoms with Crippen LogP contribution in [0, 0.1) is 11.6 Å². The molecule has 1 fully saturated rings. The molecular weight excluding hydrogens is 212 g/mol. The topological polar surface area (TPSA) is 46.2 Å². The molecule has 4 heteroatoms. The van der Waals surface area contributed by atoms with Crippen molar-refractivity contribution in [2.45, 2.75) is 31.1 Å².